The average molecular weight is 505 g/mol. The van der Waals surface area contributed by atoms with Crippen LogP contribution >= 0.6 is 0 Å². The molecule has 3 aromatic heterocycles. The summed E-state index contributed by atoms with van der Waals surface area (Å²) in [4.78, 5) is 4.59. The van der Waals surface area contributed by atoms with Crippen LogP contribution in [-0.2, 0) is 27.2 Å². The molecule has 0 bridgehead atoms. The van der Waals surface area contributed by atoms with Crippen molar-refractivity contribution in [2.45, 2.75) is 51.3 Å². The molecular formula is C23H36N6O3SSi. The van der Waals surface area contributed by atoms with Gasteiger partial charge in [-0.1, -0.05) is 26.6 Å². The Balaban J connectivity index is 1.53. The molecule has 1 aliphatic heterocycles. The zero-order valence-corrected chi connectivity index (χ0v) is 22.8. The fraction of sp³-hybridized carbons (Fsp3) is 0.565. The second-order valence-electron chi connectivity index (χ2n) is 10.5. The van der Waals surface area contributed by atoms with Crippen LogP contribution < -0.4 is 0 Å². The van der Waals surface area contributed by atoms with Crippen molar-refractivity contribution in [1.29, 1.82) is 0 Å². The molecule has 0 unspecified atom stereocenters. The normalized spacial score (nSPS) is 16.9. The van der Waals surface area contributed by atoms with Crippen LogP contribution in [0.25, 0.3) is 22.2 Å². The summed E-state index contributed by atoms with van der Waals surface area (Å²) in [7, 11) is -1.41. The van der Waals surface area contributed by atoms with Crippen LogP contribution in [0.15, 0.2) is 36.9 Å². The molecule has 3 aromatic rings. The van der Waals surface area contributed by atoms with Crippen molar-refractivity contribution in [1.82, 2.24) is 27.9 Å². The van der Waals surface area contributed by atoms with Gasteiger partial charge in [0.25, 0.3) is 10.2 Å². The Morgan fingerprint density at radius 2 is 1.94 bits per heavy atom. The van der Waals surface area contributed by atoms with Gasteiger partial charge in [-0.2, -0.15) is 22.1 Å². The van der Waals surface area contributed by atoms with E-state index in [9.17, 15) is 8.42 Å². The number of aromatic nitrogens is 4. The number of pyridine rings is 1. The van der Waals surface area contributed by atoms with Gasteiger partial charge in [-0.3, -0.25) is 4.68 Å². The van der Waals surface area contributed by atoms with Crippen LogP contribution in [0.1, 0.15) is 13.3 Å². The van der Waals surface area contributed by atoms with Crippen molar-refractivity contribution in [2.24, 2.45) is 0 Å². The zero-order valence-electron chi connectivity index (χ0n) is 21.0. The number of hydrogen-bond acceptors (Lipinski definition) is 5. The molecule has 34 heavy (non-hydrogen) atoms. The van der Waals surface area contributed by atoms with Crippen LogP contribution in [0.4, 0.5) is 0 Å². The van der Waals surface area contributed by atoms with E-state index < -0.39 is 18.3 Å². The fourth-order valence-corrected chi connectivity index (χ4v) is 6.27. The van der Waals surface area contributed by atoms with Gasteiger partial charge in [0.05, 0.1) is 11.7 Å². The Morgan fingerprint density at radius 1 is 1.21 bits per heavy atom. The first-order valence-electron chi connectivity index (χ1n) is 11.7. The van der Waals surface area contributed by atoms with Crippen molar-refractivity contribution in [3.05, 3.63) is 36.9 Å². The van der Waals surface area contributed by atoms with E-state index in [2.05, 4.69) is 42.7 Å². The lowest BCUT2D eigenvalue weighted by atomic mass is 9.89. The lowest BCUT2D eigenvalue weighted by Gasteiger charge is -2.49. The molecule has 9 nitrogen and oxygen atoms in total. The summed E-state index contributed by atoms with van der Waals surface area (Å²) in [6, 6.07) is 5.21. The lowest BCUT2D eigenvalue weighted by molar-refractivity contribution is 0.0592. The largest absolute Gasteiger partial charge is 0.361 e. The van der Waals surface area contributed by atoms with Crippen molar-refractivity contribution in [2.75, 3.05) is 33.8 Å². The summed E-state index contributed by atoms with van der Waals surface area (Å²) in [6.45, 7) is 11.2. The second-order valence-corrected chi connectivity index (χ2v) is 18.3. The minimum atomic E-state index is -3.41. The molecule has 0 spiro atoms. The van der Waals surface area contributed by atoms with Gasteiger partial charge in [0.1, 0.15) is 12.4 Å². The Kier molecular flexibility index (Phi) is 6.77. The first-order valence-corrected chi connectivity index (χ1v) is 16.8. The smallest absolute Gasteiger partial charge is 0.281 e. The first-order chi connectivity index (χ1) is 16.0. The lowest BCUT2D eigenvalue weighted by Crippen LogP contribution is -2.65. The standard InChI is InChI=1S/C23H36N6O3SSi/c1-7-23(16-28(17-23)33(30,31)26(2)3)29-15-19(14-25-29)20-8-10-24-22-21(20)9-11-27(22)18-32-12-13-34(4,5)6/h8-11,14-15H,7,12-13,16-18H2,1-6H3. The molecule has 0 saturated carbocycles. The van der Waals surface area contributed by atoms with E-state index in [0.717, 1.165) is 41.2 Å². The molecule has 1 fully saturated rings. The minimum Gasteiger partial charge on any atom is -0.361 e. The van der Waals surface area contributed by atoms with E-state index in [-0.39, 0.29) is 5.54 Å². The maximum Gasteiger partial charge on any atom is 0.281 e. The zero-order chi connectivity index (χ0) is 24.7. The van der Waals surface area contributed by atoms with E-state index in [1.54, 1.807) is 14.1 Å². The average Bonchev–Trinajstić information content (AvgIpc) is 3.38. The van der Waals surface area contributed by atoms with E-state index >= 15 is 0 Å². The van der Waals surface area contributed by atoms with Crippen molar-refractivity contribution >= 4 is 29.3 Å². The first kappa shape index (κ1) is 25.1. The van der Waals surface area contributed by atoms with Gasteiger partial charge in [0, 0.05) is 71.4 Å². The predicted molar refractivity (Wildman–Crippen MR) is 138 cm³/mol. The third-order valence-electron chi connectivity index (χ3n) is 6.66. The Labute approximate surface area is 203 Å². The molecule has 0 aromatic carbocycles. The summed E-state index contributed by atoms with van der Waals surface area (Å²) in [5, 5.41) is 5.70. The third kappa shape index (κ3) is 4.72. The van der Waals surface area contributed by atoms with Crippen molar-refractivity contribution in [3.8, 4) is 11.1 Å². The molecule has 186 valence electrons. The van der Waals surface area contributed by atoms with Gasteiger partial charge in [-0.25, -0.2) is 4.98 Å². The van der Waals surface area contributed by atoms with Gasteiger partial charge < -0.3 is 9.30 Å². The molecule has 4 heterocycles. The number of nitrogens with zero attached hydrogens (tertiary/aromatic N) is 6. The van der Waals surface area contributed by atoms with Gasteiger partial charge >= 0.3 is 0 Å². The quantitative estimate of drug-likeness (QED) is 0.312. The van der Waals surface area contributed by atoms with Crippen molar-refractivity contribution in [3.63, 3.8) is 0 Å². The highest BCUT2D eigenvalue weighted by molar-refractivity contribution is 7.86. The SMILES string of the molecule is CCC1(n2cc(-c3ccnc4c3ccn4COCC[Si](C)(C)C)cn2)CN(S(=O)(=O)N(C)C)C1. The van der Waals surface area contributed by atoms with Crippen molar-refractivity contribution < 1.29 is 13.2 Å². The number of rotatable bonds is 10. The maximum atomic E-state index is 12.5. The Hall–Kier alpha value is -2.05. The molecule has 1 aliphatic rings. The fourth-order valence-electron chi connectivity index (χ4n) is 4.24. The topological polar surface area (TPSA) is 85.5 Å². The van der Waals surface area contributed by atoms with E-state index in [1.165, 1.54) is 8.61 Å². The number of hydrogen-bond donors (Lipinski definition) is 0. The van der Waals surface area contributed by atoms with E-state index in [0.29, 0.717) is 19.8 Å². The summed E-state index contributed by atoms with van der Waals surface area (Å²) < 4.78 is 37.6. The van der Waals surface area contributed by atoms with E-state index in [4.69, 9.17) is 4.74 Å². The molecule has 0 N–H and O–H groups in total. The summed E-state index contributed by atoms with van der Waals surface area (Å²) >= 11 is 0. The molecule has 0 atom stereocenters. The highest BCUT2D eigenvalue weighted by atomic mass is 32.2. The van der Waals surface area contributed by atoms with Gasteiger partial charge in [-0.15, -0.1) is 0 Å². The monoisotopic (exact) mass is 504 g/mol. The Morgan fingerprint density at radius 3 is 2.59 bits per heavy atom. The van der Waals surface area contributed by atoms with Gasteiger partial charge in [0.15, 0.2) is 0 Å². The van der Waals surface area contributed by atoms with Crippen LogP contribution in [-0.4, -0.2) is 78.2 Å². The van der Waals surface area contributed by atoms with Crippen LogP contribution in [0, 0.1) is 0 Å². The van der Waals surface area contributed by atoms with Crippen LogP contribution in [0.3, 0.4) is 0 Å². The van der Waals surface area contributed by atoms with E-state index in [1.807, 2.05) is 40.1 Å². The highest BCUT2D eigenvalue weighted by Crippen LogP contribution is 2.36. The number of fused-ring (bicyclic) bond motifs is 1. The predicted octanol–water partition coefficient (Wildman–Crippen LogP) is 3.44. The minimum absolute atomic E-state index is 0.330. The molecule has 1 saturated heterocycles. The summed E-state index contributed by atoms with van der Waals surface area (Å²) in [6.07, 6.45) is 8.52. The molecular weight excluding hydrogens is 468 g/mol. The third-order valence-corrected chi connectivity index (χ3v) is 10.2. The molecule has 11 heteroatoms. The molecule has 0 amide bonds. The second kappa shape index (κ2) is 9.19. The van der Waals surface area contributed by atoms with Gasteiger partial charge in [-0.05, 0) is 30.2 Å². The molecule has 0 aliphatic carbocycles. The maximum absolute atomic E-state index is 12.5. The molecule has 4 rings (SSSR count). The Bertz CT molecular complexity index is 1260. The number of ether oxygens (including phenoxy) is 1. The summed E-state index contributed by atoms with van der Waals surface area (Å²) in [5.41, 5.74) is 2.60. The van der Waals surface area contributed by atoms with Crippen LogP contribution in [0.2, 0.25) is 25.7 Å². The van der Waals surface area contributed by atoms with Crippen LogP contribution in [0.5, 0.6) is 0 Å². The summed E-state index contributed by atoms with van der Waals surface area (Å²) in [5.74, 6) is 0. The van der Waals surface area contributed by atoms with Gasteiger partial charge in [0.2, 0.25) is 0 Å². The molecule has 0 radical (unpaired) electrons. The highest BCUT2D eigenvalue weighted by Gasteiger charge is 2.49.